The number of aryl methyl sites for hydroxylation is 1. The van der Waals surface area contributed by atoms with Gasteiger partial charge < -0.3 is 0 Å². The number of nitrogens with zero attached hydrogens (tertiary/aromatic N) is 1. The van der Waals surface area contributed by atoms with Crippen LogP contribution in [0.5, 0.6) is 0 Å². The molecule has 0 radical (unpaired) electrons. The summed E-state index contributed by atoms with van der Waals surface area (Å²) < 4.78 is 27.8. The number of nitrogens with one attached hydrogen (secondary N) is 1. The van der Waals surface area contributed by atoms with Crippen LogP contribution in [0.2, 0.25) is 8.67 Å². The summed E-state index contributed by atoms with van der Waals surface area (Å²) in [6.07, 6.45) is 1.41. The molecule has 2 heterocycles. The third-order valence-electron chi connectivity index (χ3n) is 2.18. The highest BCUT2D eigenvalue weighted by Crippen LogP contribution is 2.35. The number of hydrogen-bond donors (Lipinski definition) is 1. The van der Waals surface area contributed by atoms with E-state index in [9.17, 15) is 8.42 Å². The van der Waals surface area contributed by atoms with E-state index in [0.29, 0.717) is 14.6 Å². The molecule has 0 saturated carbocycles. The van der Waals surface area contributed by atoms with E-state index in [-0.39, 0.29) is 9.23 Å². The number of hydrogen-bond acceptors (Lipinski definition) is 4. The van der Waals surface area contributed by atoms with E-state index in [0.717, 1.165) is 16.9 Å². The van der Waals surface area contributed by atoms with E-state index in [1.165, 1.54) is 12.3 Å². The summed E-state index contributed by atoms with van der Waals surface area (Å²) in [5, 5.41) is 0. The molecule has 2 aromatic rings. The Labute approximate surface area is 132 Å². The SMILES string of the molecule is Cc1cc(NS(=O)(=O)c2cc(Cl)sc2Cl)cnc1Br. The number of thiophene rings is 1. The van der Waals surface area contributed by atoms with Crippen LogP contribution in [0.1, 0.15) is 5.56 Å². The molecular weight excluding hydrogens is 395 g/mol. The standard InChI is InChI=1S/C10H7BrCl2N2O2S2/c1-5-2-6(4-14-9(5)11)15-19(16,17)7-3-8(12)18-10(7)13/h2-4,15H,1H3. The fraction of sp³-hybridized carbons (Fsp3) is 0.100. The highest BCUT2D eigenvalue weighted by Gasteiger charge is 2.21. The van der Waals surface area contributed by atoms with Crippen molar-refractivity contribution in [3.8, 4) is 0 Å². The molecule has 0 unspecified atom stereocenters. The lowest BCUT2D eigenvalue weighted by atomic mass is 10.3. The van der Waals surface area contributed by atoms with E-state index >= 15 is 0 Å². The van der Waals surface area contributed by atoms with Crippen LogP contribution < -0.4 is 4.72 Å². The number of halogens is 3. The molecule has 19 heavy (non-hydrogen) atoms. The second-order valence-corrected chi connectivity index (χ2v) is 8.31. The normalized spacial score (nSPS) is 11.6. The number of rotatable bonds is 3. The molecule has 4 nitrogen and oxygen atoms in total. The summed E-state index contributed by atoms with van der Waals surface area (Å²) in [6, 6.07) is 2.98. The number of anilines is 1. The number of aromatic nitrogens is 1. The van der Waals surface area contributed by atoms with Crippen LogP contribution in [0.4, 0.5) is 5.69 Å². The van der Waals surface area contributed by atoms with E-state index in [4.69, 9.17) is 23.2 Å². The molecule has 2 rings (SSSR count). The summed E-state index contributed by atoms with van der Waals surface area (Å²) in [6.45, 7) is 1.81. The average Bonchev–Trinajstić information content (AvgIpc) is 2.63. The fourth-order valence-electron chi connectivity index (χ4n) is 1.33. The predicted molar refractivity (Wildman–Crippen MR) is 81.8 cm³/mol. The predicted octanol–water partition coefficient (Wildman–Crippen LogP) is 4.32. The van der Waals surface area contributed by atoms with Gasteiger partial charge in [0.25, 0.3) is 10.0 Å². The maximum atomic E-state index is 12.1. The first kappa shape index (κ1) is 15.1. The lowest BCUT2D eigenvalue weighted by molar-refractivity contribution is 0.601. The molecule has 0 amide bonds. The van der Waals surface area contributed by atoms with Crippen molar-refractivity contribution in [3.05, 3.63) is 37.2 Å². The Morgan fingerprint density at radius 3 is 2.58 bits per heavy atom. The zero-order valence-electron chi connectivity index (χ0n) is 9.45. The van der Waals surface area contributed by atoms with Gasteiger partial charge >= 0.3 is 0 Å². The first-order chi connectivity index (χ1) is 8.79. The van der Waals surface area contributed by atoms with Gasteiger partial charge in [-0.3, -0.25) is 4.72 Å². The van der Waals surface area contributed by atoms with Crippen LogP contribution in [-0.2, 0) is 10.0 Å². The van der Waals surface area contributed by atoms with Gasteiger partial charge in [-0.25, -0.2) is 13.4 Å². The monoisotopic (exact) mass is 400 g/mol. The van der Waals surface area contributed by atoms with Crippen LogP contribution >= 0.6 is 50.5 Å². The quantitative estimate of drug-likeness (QED) is 0.779. The minimum Gasteiger partial charge on any atom is -0.278 e. The molecule has 0 aliphatic heterocycles. The van der Waals surface area contributed by atoms with Gasteiger partial charge in [0.15, 0.2) is 0 Å². The van der Waals surface area contributed by atoms with Gasteiger partial charge in [-0.2, -0.15) is 0 Å². The van der Waals surface area contributed by atoms with E-state index in [2.05, 4.69) is 25.6 Å². The van der Waals surface area contributed by atoms with Gasteiger partial charge in [0.1, 0.15) is 13.8 Å². The van der Waals surface area contributed by atoms with Gasteiger partial charge in [-0.15, -0.1) is 11.3 Å². The molecular formula is C10H7BrCl2N2O2S2. The summed E-state index contributed by atoms with van der Waals surface area (Å²) >= 11 is 15.8. The maximum Gasteiger partial charge on any atom is 0.264 e. The minimum absolute atomic E-state index is 0.0373. The molecule has 9 heteroatoms. The summed E-state index contributed by atoms with van der Waals surface area (Å²) in [5.74, 6) is 0. The molecule has 0 aliphatic rings. The molecule has 0 bridgehead atoms. The van der Waals surface area contributed by atoms with Crippen molar-refractivity contribution in [1.29, 1.82) is 0 Å². The highest BCUT2D eigenvalue weighted by atomic mass is 79.9. The second kappa shape index (κ2) is 5.57. The van der Waals surface area contributed by atoms with E-state index < -0.39 is 10.0 Å². The van der Waals surface area contributed by atoms with Crippen LogP contribution in [0.25, 0.3) is 0 Å². The van der Waals surface area contributed by atoms with Gasteiger partial charge in [0, 0.05) is 0 Å². The van der Waals surface area contributed by atoms with E-state index in [1.807, 2.05) is 6.92 Å². The fourth-order valence-corrected chi connectivity index (χ4v) is 4.73. The zero-order valence-corrected chi connectivity index (χ0v) is 14.2. The van der Waals surface area contributed by atoms with Gasteiger partial charge in [-0.05, 0) is 40.5 Å². The Bertz CT molecular complexity index is 731. The third kappa shape index (κ3) is 3.41. The van der Waals surface area contributed by atoms with Crippen LogP contribution in [0.3, 0.4) is 0 Å². The summed E-state index contributed by atoms with van der Waals surface area (Å²) in [7, 11) is -3.76. The molecule has 2 aromatic heterocycles. The van der Waals surface area contributed by atoms with Crippen LogP contribution in [-0.4, -0.2) is 13.4 Å². The van der Waals surface area contributed by atoms with Crippen molar-refractivity contribution in [3.63, 3.8) is 0 Å². The molecule has 0 spiro atoms. The maximum absolute atomic E-state index is 12.1. The van der Waals surface area contributed by atoms with Crippen molar-refractivity contribution < 1.29 is 8.42 Å². The minimum atomic E-state index is -3.76. The van der Waals surface area contributed by atoms with Crippen LogP contribution in [0, 0.1) is 6.92 Å². The van der Waals surface area contributed by atoms with Crippen molar-refractivity contribution in [2.45, 2.75) is 11.8 Å². The lowest BCUT2D eigenvalue weighted by Gasteiger charge is -2.08. The molecule has 0 aromatic carbocycles. The van der Waals surface area contributed by atoms with Gasteiger partial charge in [0.2, 0.25) is 0 Å². The summed E-state index contributed by atoms with van der Waals surface area (Å²) in [4.78, 5) is 3.98. The highest BCUT2D eigenvalue weighted by molar-refractivity contribution is 9.10. The number of sulfonamides is 1. The molecule has 1 N–H and O–H groups in total. The van der Waals surface area contributed by atoms with Crippen molar-refractivity contribution in [2.24, 2.45) is 0 Å². The third-order valence-corrected chi connectivity index (χ3v) is 6.15. The van der Waals surface area contributed by atoms with Crippen LogP contribution in [0.15, 0.2) is 27.8 Å². The van der Waals surface area contributed by atoms with Crippen molar-refractivity contribution in [2.75, 3.05) is 4.72 Å². The Balaban J connectivity index is 2.36. The Morgan fingerprint density at radius 1 is 1.37 bits per heavy atom. The molecule has 0 fully saturated rings. The van der Waals surface area contributed by atoms with Gasteiger partial charge in [0.05, 0.1) is 16.2 Å². The zero-order chi connectivity index (χ0) is 14.2. The van der Waals surface area contributed by atoms with Gasteiger partial charge in [-0.1, -0.05) is 23.2 Å². The first-order valence-electron chi connectivity index (χ1n) is 4.89. The molecule has 0 saturated heterocycles. The summed E-state index contributed by atoms with van der Waals surface area (Å²) in [5.41, 5.74) is 1.17. The molecule has 0 atom stereocenters. The Kier molecular flexibility index (Phi) is 4.42. The Morgan fingerprint density at radius 2 is 2.05 bits per heavy atom. The smallest absolute Gasteiger partial charge is 0.264 e. The largest absolute Gasteiger partial charge is 0.278 e. The van der Waals surface area contributed by atoms with Crippen molar-refractivity contribution >= 4 is 66.2 Å². The van der Waals surface area contributed by atoms with E-state index in [1.54, 1.807) is 6.07 Å². The topological polar surface area (TPSA) is 59.1 Å². The average molecular weight is 402 g/mol. The Hall–Kier alpha value is -0.340. The lowest BCUT2D eigenvalue weighted by Crippen LogP contribution is -2.12. The molecule has 102 valence electrons. The van der Waals surface area contributed by atoms with Crippen molar-refractivity contribution in [1.82, 2.24) is 4.98 Å². The first-order valence-corrected chi connectivity index (χ1v) is 8.74. The number of pyridine rings is 1. The molecule has 0 aliphatic carbocycles. The second-order valence-electron chi connectivity index (χ2n) is 3.63.